The van der Waals surface area contributed by atoms with Crippen LogP contribution in [0.2, 0.25) is 0 Å². The van der Waals surface area contributed by atoms with Gasteiger partial charge in [-0.05, 0) is 36.8 Å². The molecule has 2 rings (SSSR count). The minimum absolute atomic E-state index is 0.190. The molecule has 0 saturated heterocycles. The van der Waals surface area contributed by atoms with Crippen LogP contribution in [-0.2, 0) is 11.2 Å². The molecule has 1 fully saturated rings. The first-order chi connectivity index (χ1) is 9.29. The van der Waals surface area contributed by atoms with Crippen molar-refractivity contribution in [3.8, 4) is 0 Å². The molecule has 0 radical (unpaired) electrons. The minimum Gasteiger partial charge on any atom is -0.326 e. The monoisotopic (exact) mass is 259 g/mol. The zero-order valence-electron chi connectivity index (χ0n) is 12.0. The van der Waals surface area contributed by atoms with Gasteiger partial charge >= 0.3 is 0 Å². The summed E-state index contributed by atoms with van der Waals surface area (Å²) in [5.74, 6) is 0.794. The van der Waals surface area contributed by atoms with Gasteiger partial charge in [-0.25, -0.2) is 0 Å². The molecule has 0 heterocycles. The minimum atomic E-state index is 0.190. The molecule has 104 valence electrons. The Morgan fingerprint density at radius 2 is 1.95 bits per heavy atom. The van der Waals surface area contributed by atoms with Crippen molar-refractivity contribution < 1.29 is 4.79 Å². The third-order valence-electron chi connectivity index (χ3n) is 4.01. The van der Waals surface area contributed by atoms with Gasteiger partial charge in [-0.15, -0.1) is 0 Å². The molecule has 2 heteroatoms. The van der Waals surface area contributed by atoms with Crippen molar-refractivity contribution in [1.82, 2.24) is 0 Å². The molecule has 1 aliphatic carbocycles. The zero-order chi connectivity index (χ0) is 13.5. The molecule has 0 bridgehead atoms. The van der Waals surface area contributed by atoms with Crippen molar-refractivity contribution in [2.24, 2.45) is 5.92 Å². The first-order valence-corrected chi connectivity index (χ1v) is 7.67. The maximum absolute atomic E-state index is 12.1. The molecule has 0 aromatic heterocycles. The highest BCUT2D eigenvalue weighted by Gasteiger charge is 2.17. The van der Waals surface area contributed by atoms with E-state index in [-0.39, 0.29) is 5.91 Å². The van der Waals surface area contributed by atoms with Gasteiger partial charge in [0.2, 0.25) is 5.91 Å². The standard InChI is InChI=1S/C17H25NO/c1-2-8-15-11-6-7-12-16(15)18-17(19)13-14-9-4-3-5-10-14/h6-7,11-12,14H,2-5,8-10,13H2,1H3,(H,18,19). The summed E-state index contributed by atoms with van der Waals surface area (Å²) >= 11 is 0. The fraction of sp³-hybridized carbons (Fsp3) is 0.588. The van der Waals surface area contributed by atoms with Gasteiger partial charge in [0.15, 0.2) is 0 Å². The van der Waals surface area contributed by atoms with E-state index in [2.05, 4.69) is 18.3 Å². The molecule has 0 aliphatic heterocycles. The van der Waals surface area contributed by atoms with Crippen molar-refractivity contribution >= 4 is 11.6 Å². The van der Waals surface area contributed by atoms with Gasteiger partial charge in [0.05, 0.1) is 0 Å². The van der Waals surface area contributed by atoms with Crippen LogP contribution in [0.5, 0.6) is 0 Å². The van der Waals surface area contributed by atoms with Crippen molar-refractivity contribution in [3.05, 3.63) is 29.8 Å². The lowest BCUT2D eigenvalue weighted by molar-refractivity contribution is -0.117. The smallest absolute Gasteiger partial charge is 0.224 e. The van der Waals surface area contributed by atoms with E-state index in [9.17, 15) is 4.79 Å². The normalized spacial score (nSPS) is 16.3. The third-order valence-corrected chi connectivity index (χ3v) is 4.01. The van der Waals surface area contributed by atoms with E-state index in [1.54, 1.807) is 0 Å². The summed E-state index contributed by atoms with van der Waals surface area (Å²) < 4.78 is 0. The summed E-state index contributed by atoms with van der Waals surface area (Å²) in [7, 11) is 0. The molecule has 0 atom stereocenters. The van der Waals surface area contributed by atoms with Crippen LogP contribution in [0.25, 0.3) is 0 Å². The Hall–Kier alpha value is -1.31. The molecule has 1 saturated carbocycles. The van der Waals surface area contributed by atoms with Crippen LogP contribution in [0.15, 0.2) is 24.3 Å². The average molecular weight is 259 g/mol. The largest absolute Gasteiger partial charge is 0.326 e. The predicted molar refractivity (Wildman–Crippen MR) is 80.3 cm³/mol. The van der Waals surface area contributed by atoms with Gasteiger partial charge in [-0.1, -0.05) is 50.8 Å². The molecular weight excluding hydrogens is 234 g/mol. The molecule has 1 N–H and O–H groups in total. The summed E-state index contributed by atoms with van der Waals surface area (Å²) in [6.07, 6.45) is 9.22. The van der Waals surface area contributed by atoms with Crippen molar-refractivity contribution in [1.29, 1.82) is 0 Å². The van der Waals surface area contributed by atoms with Crippen molar-refractivity contribution in [2.45, 2.75) is 58.3 Å². The number of carbonyl (C=O) groups excluding carboxylic acids is 1. The third kappa shape index (κ3) is 4.38. The highest BCUT2D eigenvalue weighted by Crippen LogP contribution is 2.27. The average Bonchev–Trinajstić information content (AvgIpc) is 2.42. The second-order valence-electron chi connectivity index (χ2n) is 5.66. The van der Waals surface area contributed by atoms with Crippen LogP contribution in [0.1, 0.15) is 57.4 Å². The maximum Gasteiger partial charge on any atom is 0.224 e. The Labute approximate surface area is 116 Å². The number of para-hydroxylation sites is 1. The topological polar surface area (TPSA) is 29.1 Å². The number of rotatable bonds is 5. The van der Waals surface area contributed by atoms with E-state index in [1.165, 1.54) is 37.7 Å². The van der Waals surface area contributed by atoms with Gasteiger partial charge in [0.1, 0.15) is 0 Å². The summed E-state index contributed by atoms with van der Waals surface area (Å²) in [6, 6.07) is 8.17. The SMILES string of the molecule is CCCc1ccccc1NC(=O)CC1CCCCC1. The van der Waals surface area contributed by atoms with E-state index in [4.69, 9.17) is 0 Å². The van der Waals surface area contributed by atoms with Crippen LogP contribution in [0.3, 0.4) is 0 Å². The molecule has 1 aliphatic rings. The van der Waals surface area contributed by atoms with Crippen LogP contribution in [0, 0.1) is 5.92 Å². The van der Waals surface area contributed by atoms with Crippen LogP contribution in [0.4, 0.5) is 5.69 Å². The quantitative estimate of drug-likeness (QED) is 0.826. The Kier molecular flexibility index (Phi) is 5.44. The van der Waals surface area contributed by atoms with Crippen molar-refractivity contribution in [3.63, 3.8) is 0 Å². The Morgan fingerprint density at radius 3 is 2.68 bits per heavy atom. The predicted octanol–water partition coefficient (Wildman–Crippen LogP) is 4.55. The number of anilines is 1. The lowest BCUT2D eigenvalue weighted by Crippen LogP contribution is -2.19. The first-order valence-electron chi connectivity index (χ1n) is 7.67. The lowest BCUT2D eigenvalue weighted by Gasteiger charge is -2.21. The Bertz CT molecular complexity index is 407. The highest BCUT2D eigenvalue weighted by atomic mass is 16.1. The number of aryl methyl sites for hydroxylation is 1. The number of hydrogen-bond donors (Lipinski definition) is 1. The Morgan fingerprint density at radius 1 is 1.21 bits per heavy atom. The summed E-state index contributed by atoms with van der Waals surface area (Å²) in [4.78, 5) is 12.1. The molecule has 1 amide bonds. The molecule has 2 nitrogen and oxygen atoms in total. The van der Waals surface area contributed by atoms with E-state index in [0.29, 0.717) is 12.3 Å². The van der Waals surface area contributed by atoms with Crippen LogP contribution in [-0.4, -0.2) is 5.91 Å². The number of nitrogens with one attached hydrogen (secondary N) is 1. The highest BCUT2D eigenvalue weighted by molar-refractivity contribution is 5.91. The molecule has 1 aromatic rings. The molecule has 0 unspecified atom stereocenters. The second-order valence-corrected chi connectivity index (χ2v) is 5.66. The summed E-state index contributed by atoms with van der Waals surface area (Å²) in [6.45, 7) is 2.17. The van der Waals surface area contributed by atoms with Crippen LogP contribution >= 0.6 is 0 Å². The van der Waals surface area contributed by atoms with E-state index in [0.717, 1.165) is 18.5 Å². The van der Waals surface area contributed by atoms with Gasteiger partial charge < -0.3 is 5.32 Å². The van der Waals surface area contributed by atoms with Gasteiger partial charge in [-0.2, -0.15) is 0 Å². The fourth-order valence-corrected chi connectivity index (χ4v) is 2.98. The first kappa shape index (κ1) is 14.1. The van der Waals surface area contributed by atoms with Crippen molar-refractivity contribution in [2.75, 3.05) is 5.32 Å². The van der Waals surface area contributed by atoms with Gasteiger partial charge in [-0.3, -0.25) is 4.79 Å². The molecular formula is C17H25NO. The number of benzene rings is 1. The summed E-state index contributed by atoms with van der Waals surface area (Å²) in [5, 5.41) is 3.10. The Balaban J connectivity index is 1.90. The van der Waals surface area contributed by atoms with E-state index >= 15 is 0 Å². The number of amides is 1. The lowest BCUT2D eigenvalue weighted by atomic mass is 9.87. The number of carbonyl (C=O) groups is 1. The molecule has 0 spiro atoms. The van der Waals surface area contributed by atoms with Crippen LogP contribution < -0.4 is 5.32 Å². The molecule has 1 aromatic carbocycles. The maximum atomic E-state index is 12.1. The van der Waals surface area contributed by atoms with E-state index < -0.39 is 0 Å². The zero-order valence-corrected chi connectivity index (χ0v) is 12.0. The second kappa shape index (κ2) is 7.32. The van der Waals surface area contributed by atoms with Gasteiger partial charge in [0.25, 0.3) is 0 Å². The van der Waals surface area contributed by atoms with E-state index in [1.807, 2.05) is 18.2 Å². The molecule has 19 heavy (non-hydrogen) atoms. The number of hydrogen-bond acceptors (Lipinski definition) is 1. The summed E-state index contributed by atoms with van der Waals surface area (Å²) in [5.41, 5.74) is 2.26. The van der Waals surface area contributed by atoms with Gasteiger partial charge in [0, 0.05) is 12.1 Å². The fourth-order valence-electron chi connectivity index (χ4n) is 2.98.